The maximum absolute atomic E-state index is 13.6. The van der Waals surface area contributed by atoms with Gasteiger partial charge in [0.1, 0.15) is 0 Å². The molecule has 5 rings (SSSR count). The maximum Gasteiger partial charge on any atom is 0.236 e. The Labute approximate surface area is 210 Å². The van der Waals surface area contributed by atoms with Crippen molar-refractivity contribution >= 4 is 27.3 Å². The van der Waals surface area contributed by atoms with Gasteiger partial charge in [-0.15, -0.1) is 0 Å². The largest absolute Gasteiger partial charge is 0.419 e. The van der Waals surface area contributed by atoms with Crippen molar-refractivity contribution in [2.75, 3.05) is 31.1 Å². The van der Waals surface area contributed by atoms with E-state index in [0.29, 0.717) is 24.0 Å². The Morgan fingerprint density at radius 1 is 0.886 bits per heavy atom. The fourth-order valence-corrected chi connectivity index (χ4v) is 5.62. The summed E-state index contributed by atoms with van der Waals surface area (Å²) in [5, 5.41) is 0.408. The van der Waals surface area contributed by atoms with Crippen molar-refractivity contribution in [3.8, 4) is 11.5 Å². The van der Waals surface area contributed by atoms with E-state index in [-0.39, 0.29) is 15.8 Å². The highest BCUT2D eigenvalue weighted by molar-refractivity contribution is 7.91. The van der Waals surface area contributed by atoms with E-state index in [0.717, 1.165) is 30.8 Å². The van der Waals surface area contributed by atoms with E-state index >= 15 is 0 Å². The topological polar surface area (TPSA) is 66.7 Å². The predicted molar refractivity (Wildman–Crippen MR) is 138 cm³/mol. The van der Waals surface area contributed by atoms with Crippen molar-refractivity contribution in [2.24, 2.45) is 0 Å². The van der Waals surface area contributed by atoms with Gasteiger partial charge in [0.2, 0.25) is 26.6 Å². The molecule has 0 unspecified atom stereocenters. The fourth-order valence-electron chi connectivity index (χ4n) is 4.17. The number of anilines is 1. The summed E-state index contributed by atoms with van der Waals surface area (Å²) >= 11 is 5.99. The molecule has 0 aliphatic carbocycles. The van der Waals surface area contributed by atoms with E-state index in [1.165, 1.54) is 17.7 Å². The van der Waals surface area contributed by atoms with E-state index in [9.17, 15) is 8.42 Å². The first-order valence-corrected chi connectivity index (χ1v) is 13.4. The van der Waals surface area contributed by atoms with Gasteiger partial charge in [-0.2, -0.15) is 4.98 Å². The van der Waals surface area contributed by atoms with Gasteiger partial charge < -0.3 is 9.32 Å². The lowest BCUT2D eigenvalue weighted by atomic mass is 10.1. The number of hydrogen-bond donors (Lipinski definition) is 0. The van der Waals surface area contributed by atoms with Crippen LogP contribution in [0.3, 0.4) is 0 Å². The van der Waals surface area contributed by atoms with Crippen molar-refractivity contribution in [1.82, 2.24) is 9.88 Å². The highest BCUT2D eigenvalue weighted by Crippen LogP contribution is 2.35. The van der Waals surface area contributed by atoms with Crippen LogP contribution >= 0.6 is 11.6 Å². The van der Waals surface area contributed by atoms with Crippen LogP contribution in [-0.4, -0.2) is 44.5 Å². The second kappa shape index (κ2) is 9.85. The Morgan fingerprint density at radius 3 is 2.20 bits per heavy atom. The molecule has 6 nitrogen and oxygen atoms in total. The molecule has 1 saturated heterocycles. The van der Waals surface area contributed by atoms with Crippen LogP contribution in [-0.2, 0) is 16.4 Å². The Hall–Kier alpha value is -3.13. The van der Waals surface area contributed by atoms with Crippen molar-refractivity contribution < 1.29 is 12.8 Å². The van der Waals surface area contributed by atoms with Crippen molar-refractivity contribution in [3.63, 3.8) is 0 Å². The van der Waals surface area contributed by atoms with E-state index in [1.54, 1.807) is 12.1 Å². The molecule has 8 heteroatoms. The lowest BCUT2D eigenvalue weighted by Crippen LogP contribution is -2.46. The number of nitrogens with zero attached hydrogens (tertiary/aromatic N) is 3. The van der Waals surface area contributed by atoms with Crippen LogP contribution < -0.4 is 4.90 Å². The minimum absolute atomic E-state index is 0.0630. The van der Waals surface area contributed by atoms with Crippen LogP contribution in [0.15, 0.2) is 93.2 Å². The standard InChI is InChI=1S/C27H26ClN3O3S/c1-20-7-9-22(10-8-20)25-29-26(35(32,33)24-13-11-23(28)12-14-24)27(34-25)31-17-15-30(16-18-31)19-21-5-3-2-4-6-21/h2-14H,15-19H2,1H3. The van der Waals surface area contributed by atoms with E-state index in [4.69, 9.17) is 16.0 Å². The van der Waals surface area contributed by atoms with E-state index in [2.05, 4.69) is 22.0 Å². The SMILES string of the molecule is Cc1ccc(-c2nc(S(=O)(=O)c3ccc(Cl)cc3)c(N3CCN(Cc4ccccc4)CC3)o2)cc1. The summed E-state index contributed by atoms with van der Waals surface area (Å²) in [5.41, 5.74) is 3.09. The molecular formula is C27H26ClN3O3S. The third-order valence-electron chi connectivity index (χ3n) is 6.16. The van der Waals surface area contributed by atoms with Crippen LogP contribution in [0.25, 0.3) is 11.5 Å². The average Bonchev–Trinajstić information content (AvgIpc) is 3.32. The fraction of sp³-hybridized carbons (Fsp3) is 0.222. The van der Waals surface area contributed by atoms with Crippen molar-refractivity contribution in [1.29, 1.82) is 0 Å². The van der Waals surface area contributed by atoms with Gasteiger partial charge >= 0.3 is 0 Å². The third kappa shape index (κ3) is 5.12. The summed E-state index contributed by atoms with van der Waals surface area (Å²) in [6, 6.07) is 24.2. The lowest BCUT2D eigenvalue weighted by molar-refractivity contribution is 0.245. The molecule has 0 amide bonds. The van der Waals surface area contributed by atoms with Gasteiger partial charge in [0.15, 0.2) is 0 Å². The van der Waals surface area contributed by atoms with Crippen LogP contribution in [0, 0.1) is 6.92 Å². The number of sulfone groups is 1. The van der Waals surface area contributed by atoms with Gasteiger partial charge in [0.05, 0.1) is 4.90 Å². The van der Waals surface area contributed by atoms with Gasteiger partial charge in [-0.3, -0.25) is 4.90 Å². The van der Waals surface area contributed by atoms with Crippen LogP contribution in [0.4, 0.5) is 5.88 Å². The number of aryl methyl sites for hydroxylation is 1. The molecule has 0 saturated carbocycles. The maximum atomic E-state index is 13.6. The first kappa shape index (κ1) is 23.6. The number of oxazole rings is 1. The highest BCUT2D eigenvalue weighted by Gasteiger charge is 2.32. The molecule has 180 valence electrons. The normalized spacial score (nSPS) is 14.9. The van der Waals surface area contributed by atoms with Gasteiger partial charge in [-0.25, -0.2) is 8.42 Å². The summed E-state index contributed by atoms with van der Waals surface area (Å²) in [6.45, 7) is 5.70. The molecule has 4 aromatic rings. The smallest absolute Gasteiger partial charge is 0.236 e. The predicted octanol–water partition coefficient (Wildman–Crippen LogP) is 5.46. The number of halogens is 1. The molecule has 3 aromatic carbocycles. The molecule has 1 aliphatic heterocycles. The van der Waals surface area contributed by atoms with E-state index in [1.807, 2.05) is 54.3 Å². The molecule has 35 heavy (non-hydrogen) atoms. The summed E-state index contributed by atoms with van der Waals surface area (Å²) in [6.07, 6.45) is 0. The van der Waals surface area contributed by atoms with Crippen LogP contribution in [0.1, 0.15) is 11.1 Å². The molecule has 0 spiro atoms. The zero-order chi connectivity index (χ0) is 24.4. The monoisotopic (exact) mass is 507 g/mol. The molecule has 2 heterocycles. The molecule has 0 bridgehead atoms. The van der Waals surface area contributed by atoms with Gasteiger partial charge in [0, 0.05) is 43.3 Å². The minimum atomic E-state index is -3.91. The number of hydrogen-bond acceptors (Lipinski definition) is 6. The van der Waals surface area contributed by atoms with Crippen molar-refractivity contribution in [2.45, 2.75) is 23.4 Å². The first-order chi connectivity index (χ1) is 16.9. The number of benzene rings is 3. The zero-order valence-corrected chi connectivity index (χ0v) is 21.0. The molecule has 1 aliphatic rings. The average molecular weight is 508 g/mol. The second-order valence-electron chi connectivity index (χ2n) is 8.70. The summed E-state index contributed by atoms with van der Waals surface area (Å²) in [5.74, 6) is 0.578. The molecule has 1 aromatic heterocycles. The summed E-state index contributed by atoms with van der Waals surface area (Å²) in [4.78, 5) is 8.97. The number of aromatic nitrogens is 1. The molecule has 0 N–H and O–H groups in total. The first-order valence-electron chi connectivity index (χ1n) is 11.5. The van der Waals surface area contributed by atoms with Gasteiger partial charge in [-0.05, 0) is 48.9 Å². The minimum Gasteiger partial charge on any atom is -0.419 e. The molecular weight excluding hydrogens is 482 g/mol. The number of rotatable bonds is 6. The Balaban J connectivity index is 1.46. The Morgan fingerprint density at radius 2 is 1.54 bits per heavy atom. The van der Waals surface area contributed by atoms with Crippen LogP contribution in [0.2, 0.25) is 5.02 Å². The van der Waals surface area contributed by atoms with Crippen LogP contribution in [0.5, 0.6) is 0 Å². The van der Waals surface area contributed by atoms with E-state index < -0.39 is 9.84 Å². The zero-order valence-electron chi connectivity index (χ0n) is 19.4. The third-order valence-corrected chi connectivity index (χ3v) is 8.08. The highest BCUT2D eigenvalue weighted by atomic mass is 35.5. The van der Waals surface area contributed by atoms with Crippen molar-refractivity contribution in [3.05, 3.63) is 95.0 Å². The quantitative estimate of drug-likeness (QED) is 0.345. The number of piperazine rings is 1. The summed E-state index contributed by atoms with van der Waals surface area (Å²) < 4.78 is 33.4. The lowest BCUT2D eigenvalue weighted by Gasteiger charge is -2.34. The second-order valence-corrected chi connectivity index (χ2v) is 11.0. The molecule has 1 fully saturated rings. The Kier molecular flexibility index (Phi) is 6.65. The molecule has 0 radical (unpaired) electrons. The van der Waals surface area contributed by atoms with Gasteiger partial charge in [-0.1, -0.05) is 59.6 Å². The Bertz CT molecular complexity index is 1390. The molecule has 0 atom stereocenters. The summed E-state index contributed by atoms with van der Waals surface area (Å²) in [7, 11) is -3.91. The van der Waals surface area contributed by atoms with Gasteiger partial charge in [0.25, 0.3) is 0 Å².